The van der Waals surface area contributed by atoms with Gasteiger partial charge in [0.2, 0.25) is 17.7 Å². The average molecular weight is 482 g/mol. The van der Waals surface area contributed by atoms with Gasteiger partial charge in [0.15, 0.2) is 0 Å². The Morgan fingerprint density at radius 1 is 1.00 bits per heavy atom. The molecule has 1 N–H and O–H groups in total. The number of benzene rings is 1. The highest BCUT2D eigenvalue weighted by Crippen LogP contribution is 2.65. The Hall–Kier alpha value is -2.58. The molecule has 3 amide bonds. The second-order valence-electron chi connectivity index (χ2n) is 9.83. The van der Waals surface area contributed by atoms with Crippen molar-refractivity contribution in [1.82, 2.24) is 14.7 Å². The van der Waals surface area contributed by atoms with Gasteiger partial charge in [-0.2, -0.15) is 0 Å². The SMILES string of the molecule is CN1CC=C[C@]2(C)S[C@]34C=CCN(Cc5ccccc5)C(=O)C3N(CCCO)C(=O)[C@@H]4[C@@H]2C1=O. The van der Waals surface area contributed by atoms with Crippen molar-refractivity contribution in [3.63, 3.8) is 0 Å². The Morgan fingerprint density at radius 2 is 1.74 bits per heavy atom. The molecule has 2 saturated heterocycles. The molecule has 7 nitrogen and oxygen atoms in total. The van der Waals surface area contributed by atoms with E-state index in [4.69, 9.17) is 0 Å². The quantitative estimate of drug-likeness (QED) is 0.648. The van der Waals surface area contributed by atoms with Crippen LogP contribution < -0.4 is 0 Å². The average Bonchev–Trinajstić information content (AvgIpc) is 3.10. The fourth-order valence-corrected chi connectivity index (χ4v) is 8.27. The summed E-state index contributed by atoms with van der Waals surface area (Å²) in [6.07, 6.45) is 8.48. The number of likely N-dealkylation sites (tertiary alicyclic amines) is 1. The highest BCUT2D eigenvalue weighted by Gasteiger charge is 2.73. The smallest absolute Gasteiger partial charge is 0.247 e. The summed E-state index contributed by atoms with van der Waals surface area (Å²) in [5, 5.41) is 9.50. The number of hydrogen-bond acceptors (Lipinski definition) is 5. The lowest BCUT2D eigenvalue weighted by molar-refractivity contribution is -0.144. The van der Waals surface area contributed by atoms with Crippen LogP contribution in [0, 0.1) is 11.8 Å². The minimum absolute atomic E-state index is 0.0516. The number of amides is 3. The normalized spacial score (nSPS) is 34.7. The van der Waals surface area contributed by atoms with Crippen molar-refractivity contribution in [2.24, 2.45) is 11.8 Å². The predicted molar refractivity (Wildman–Crippen MR) is 131 cm³/mol. The molecule has 2 fully saturated rings. The van der Waals surface area contributed by atoms with Crippen LogP contribution in [-0.2, 0) is 20.9 Å². The molecule has 0 bridgehead atoms. The zero-order valence-electron chi connectivity index (χ0n) is 19.6. The Balaban J connectivity index is 1.59. The first kappa shape index (κ1) is 23.2. The Bertz CT molecular complexity index is 1060. The second-order valence-corrected chi connectivity index (χ2v) is 11.6. The van der Waals surface area contributed by atoms with Crippen LogP contribution in [0.4, 0.5) is 0 Å². The van der Waals surface area contributed by atoms with Crippen LogP contribution in [0.25, 0.3) is 0 Å². The van der Waals surface area contributed by atoms with Gasteiger partial charge < -0.3 is 19.8 Å². The highest BCUT2D eigenvalue weighted by molar-refractivity contribution is 8.02. The molecule has 4 aliphatic heterocycles. The van der Waals surface area contributed by atoms with E-state index in [1.54, 1.807) is 33.5 Å². The van der Waals surface area contributed by atoms with E-state index in [-0.39, 0.29) is 24.3 Å². The molecule has 180 valence electrons. The topological polar surface area (TPSA) is 81.2 Å². The zero-order valence-corrected chi connectivity index (χ0v) is 20.4. The molecule has 4 heterocycles. The van der Waals surface area contributed by atoms with Crippen LogP contribution in [0.15, 0.2) is 54.6 Å². The summed E-state index contributed by atoms with van der Waals surface area (Å²) in [5.74, 6) is -1.48. The summed E-state index contributed by atoms with van der Waals surface area (Å²) >= 11 is 1.59. The van der Waals surface area contributed by atoms with Gasteiger partial charge >= 0.3 is 0 Å². The standard InChI is InChI=1S/C26H31N3O4S/c1-25-11-6-13-27(2)22(31)19(25)20-23(32)29(15-8-16-30)21-24(33)28(14-7-12-26(20,21)34-25)17-18-9-4-3-5-10-18/h3-7,9-12,19-21,30H,8,13-17H2,1-2H3/t19-,20+,21?,25+,26+/m1/s1. The van der Waals surface area contributed by atoms with Crippen LogP contribution in [0.2, 0.25) is 0 Å². The molecular weight excluding hydrogens is 450 g/mol. The van der Waals surface area contributed by atoms with E-state index in [0.717, 1.165) is 5.56 Å². The van der Waals surface area contributed by atoms with Crippen LogP contribution in [0.5, 0.6) is 0 Å². The van der Waals surface area contributed by atoms with E-state index in [2.05, 4.69) is 6.08 Å². The molecule has 0 aromatic heterocycles. The lowest BCUT2D eigenvalue weighted by Gasteiger charge is -2.36. The summed E-state index contributed by atoms with van der Waals surface area (Å²) in [7, 11) is 1.77. The van der Waals surface area contributed by atoms with Crippen molar-refractivity contribution in [3.8, 4) is 0 Å². The minimum Gasteiger partial charge on any atom is -0.396 e. The van der Waals surface area contributed by atoms with E-state index in [1.807, 2.05) is 55.5 Å². The molecule has 1 unspecified atom stereocenters. The van der Waals surface area contributed by atoms with E-state index in [0.29, 0.717) is 32.6 Å². The van der Waals surface area contributed by atoms with Crippen molar-refractivity contribution >= 4 is 29.5 Å². The minimum atomic E-state index is -0.827. The van der Waals surface area contributed by atoms with Crippen molar-refractivity contribution in [3.05, 3.63) is 60.2 Å². The third-order valence-electron chi connectivity index (χ3n) is 7.62. The number of aliphatic hydroxyl groups is 1. The van der Waals surface area contributed by atoms with Gasteiger partial charge in [0.05, 0.1) is 16.6 Å². The molecular formula is C26H31N3O4S. The number of rotatable bonds is 5. The maximum absolute atomic E-state index is 14.1. The number of fused-ring (bicyclic) bond motifs is 2. The molecule has 1 aromatic carbocycles. The summed E-state index contributed by atoms with van der Waals surface area (Å²) < 4.78 is -1.41. The summed E-state index contributed by atoms with van der Waals surface area (Å²) in [6.45, 7) is 3.67. The highest BCUT2D eigenvalue weighted by atomic mass is 32.2. The maximum Gasteiger partial charge on any atom is 0.247 e. The number of thioether (sulfide) groups is 1. The van der Waals surface area contributed by atoms with E-state index >= 15 is 0 Å². The van der Waals surface area contributed by atoms with Crippen molar-refractivity contribution in [1.29, 1.82) is 0 Å². The first-order chi connectivity index (χ1) is 16.3. The lowest BCUT2D eigenvalue weighted by Crippen LogP contribution is -2.53. The van der Waals surface area contributed by atoms with E-state index in [1.165, 1.54) is 0 Å². The van der Waals surface area contributed by atoms with Crippen LogP contribution in [-0.4, -0.2) is 86.4 Å². The van der Waals surface area contributed by atoms with E-state index < -0.39 is 27.4 Å². The summed E-state index contributed by atoms with van der Waals surface area (Å²) in [4.78, 5) is 46.7. The largest absolute Gasteiger partial charge is 0.396 e. The van der Waals surface area contributed by atoms with Crippen molar-refractivity contribution in [2.75, 3.05) is 33.3 Å². The summed E-state index contributed by atoms with van der Waals surface area (Å²) in [5.41, 5.74) is 1.03. The molecule has 1 aromatic rings. The van der Waals surface area contributed by atoms with Gasteiger partial charge in [-0.25, -0.2) is 0 Å². The molecule has 5 atom stereocenters. The predicted octanol–water partition coefficient (Wildman–Crippen LogP) is 1.68. The molecule has 34 heavy (non-hydrogen) atoms. The number of aliphatic hydroxyl groups excluding tert-OH is 1. The monoisotopic (exact) mass is 481 g/mol. The van der Waals surface area contributed by atoms with Crippen LogP contribution in [0.1, 0.15) is 18.9 Å². The molecule has 8 heteroatoms. The number of likely N-dealkylation sites (N-methyl/N-ethyl adjacent to an activating group) is 1. The Labute approximate surface area is 204 Å². The lowest BCUT2D eigenvalue weighted by atomic mass is 9.74. The van der Waals surface area contributed by atoms with Crippen LogP contribution >= 0.6 is 11.8 Å². The number of hydrogen-bond donors (Lipinski definition) is 1. The molecule has 0 aliphatic carbocycles. The van der Waals surface area contributed by atoms with Gasteiger partial charge in [-0.05, 0) is 18.9 Å². The van der Waals surface area contributed by atoms with Gasteiger partial charge in [-0.15, -0.1) is 11.8 Å². The van der Waals surface area contributed by atoms with Gasteiger partial charge in [0.1, 0.15) is 6.04 Å². The molecule has 5 rings (SSSR count). The third kappa shape index (κ3) is 3.41. The molecule has 0 saturated carbocycles. The fraction of sp³-hybridized carbons (Fsp3) is 0.500. The summed E-state index contributed by atoms with van der Waals surface area (Å²) in [6, 6.07) is 9.13. The molecule has 1 spiro atoms. The molecule has 0 radical (unpaired) electrons. The van der Waals surface area contributed by atoms with Gasteiger partial charge in [-0.1, -0.05) is 54.6 Å². The van der Waals surface area contributed by atoms with Gasteiger partial charge in [-0.3, -0.25) is 14.4 Å². The fourth-order valence-electron chi connectivity index (χ4n) is 6.12. The van der Waals surface area contributed by atoms with Crippen molar-refractivity contribution < 1.29 is 19.5 Å². The zero-order chi connectivity index (χ0) is 24.1. The first-order valence-electron chi connectivity index (χ1n) is 11.9. The van der Waals surface area contributed by atoms with Gasteiger partial charge in [0.25, 0.3) is 0 Å². The van der Waals surface area contributed by atoms with E-state index in [9.17, 15) is 19.5 Å². The number of carbonyl (C=O) groups is 3. The maximum atomic E-state index is 14.1. The third-order valence-corrected chi connectivity index (χ3v) is 9.41. The molecule has 4 aliphatic rings. The van der Waals surface area contributed by atoms with Crippen molar-refractivity contribution in [2.45, 2.75) is 35.4 Å². The van der Waals surface area contributed by atoms with Gasteiger partial charge in [0, 0.05) is 44.6 Å². The Morgan fingerprint density at radius 3 is 2.47 bits per heavy atom. The van der Waals surface area contributed by atoms with Crippen LogP contribution in [0.3, 0.4) is 0 Å². The Kier molecular flexibility index (Phi) is 5.84. The first-order valence-corrected chi connectivity index (χ1v) is 12.7. The number of nitrogens with zero attached hydrogens (tertiary/aromatic N) is 3. The number of carbonyl (C=O) groups excluding carboxylic acids is 3. The second kappa shape index (κ2) is 8.57.